The van der Waals surface area contributed by atoms with Crippen molar-refractivity contribution in [3.63, 3.8) is 0 Å². The van der Waals surface area contributed by atoms with Gasteiger partial charge in [-0.2, -0.15) is 0 Å². The Kier molecular flexibility index (Phi) is 6.99. The number of aromatic nitrogens is 2. The molecule has 3 aromatic rings. The van der Waals surface area contributed by atoms with E-state index in [1.54, 1.807) is 0 Å². The molecule has 0 fully saturated rings. The second kappa shape index (κ2) is 9.86. The minimum atomic E-state index is -0.600. The van der Waals surface area contributed by atoms with E-state index in [9.17, 15) is 14.9 Å². The Hall–Kier alpha value is -3.16. The maximum absolute atomic E-state index is 11.8. The molecule has 2 aromatic carbocycles. The quantitative estimate of drug-likeness (QED) is 0.171. The van der Waals surface area contributed by atoms with E-state index in [-0.39, 0.29) is 17.9 Å². The van der Waals surface area contributed by atoms with Gasteiger partial charge in [0.25, 0.3) is 10.9 Å². The molecule has 0 aliphatic rings. The topological polar surface area (TPSA) is 108 Å². The van der Waals surface area contributed by atoms with Gasteiger partial charge in [-0.05, 0) is 40.2 Å². The van der Waals surface area contributed by atoms with Crippen molar-refractivity contribution < 1.29 is 18.9 Å². The minimum Gasteiger partial charge on any atom is -0.449 e. The number of esters is 1. The first-order valence-corrected chi connectivity index (χ1v) is 9.91. The molecule has 3 rings (SSSR count). The number of thioether (sulfide) groups is 1. The lowest BCUT2D eigenvalue weighted by atomic mass is 10.2. The van der Waals surface area contributed by atoms with Crippen LogP contribution in [0.2, 0.25) is 0 Å². The molecule has 0 aliphatic carbocycles. The smallest absolute Gasteiger partial charge is 0.339 e. The number of nitro benzene ring substituents is 1. The fourth-order valence-electron chi connectivity index (χ4n) is 2.12. The van der Waals surface area contributed by atoms with E-state index in [4.69, 9.17) is 9.15 Å². The molecule has 8 nitrogen and oxygen atoms in total. The Bertz CT molecular complexity index is 1090. The minimum absolute atomic E-state index is 0.0948. The lowest BCUT2D eigenvalue weighted by Crippen LogP contribution is -2.05. The summed E-state index contributed by atoms with van der Waals surface area (Å²) in [7, 11) is 0. The summed E-state index contributed by atoms with van der Waals surface area (Å²) in [4.78, 5) is 21.9. The van der Waals surface area contributed by atoms with Gasteiger partial charge in [-0.15, -0.1) is 10.2 Å². The van der Waals surface area contributed by atoms with E-state index in [0.717, 1.165) is 10.0 Å². The van der Waals surface area contributed by atoms with Crippen molar-refractivity contribution in [1.29, 1.82) is 0 Å². The summed E-state index contributed by atoms with van der Waals surface area (Å²) in [6.45, 7) is -0.0948. The molecule has 1 heterocycles. The molecule has 0 radical (unpaired) electrons. The van der Waals surface area contributed by atoms with Gasteiger partial charge in [0.15, 0.2) is 6.61 Å². The van der Waals surface area contributed by atoms with Gasteiger partial charge >= 0.3 is 5.97 Å². The van der Waals surface area contributed by atoms with Crippen molar-refractivity contribution in [2.75, 3.05) is 12.4 Å². The number of ether oxygens (including phenoxy) is 1. The standard InChI is InChI=1S/C19H12BrN3O5S/c20-16-6-2-1-5-15(16)17-21-22-19(28-17)29-12-4-3-11-27-18(24)13-7-9-14(10-8-13)23(25)26/h1-2,5-10H,11-12H2. The monoisotopic (exact) mass is 473 g/mol. The molecule has 146 valence electrons. The third-order valence-corrected chi connectivity index (χ3v) is 4.88. The van der Waals surface area contributed by atoms with Crippen molar-refractivity contribution in [1.82, 2.24) is 10.2 Å². The van der Waals surface area contributed by atoms with E-state index in [2.05, 4.69) is 38.0 Å². The van der Waals surface area contributed by atoms with Crippen molar-refractivity contribution in [2.45, 2.75) is 5.22 Å². The van der Waals surface area contributed by atoms with E-state index >= 15 is 0 Å². The van der Waals surface area contributed by atoms with E-state index in [1.165, 1.54) is 36.0 Å². The molecule has 0 spiro atoms. The Labute approximate surface area is 177 Å². The van der Waals surface area contributed by atoms with Gasteiger partial charge in [-0.25, -0.2) is 4.79 Å². The number of rotatable bonds is 6. The number of benzene rings is 2. The molecule has 0 saturated carbocycles. The second-order valence-corrected chi connectivity index (χ2v) is 7.16. The fourth-order valence-corrected chi connectivity index (χ4v) is 3.10. The Morgan fingerprint density at radius 1 is 1.17 bits per heavy atom. The third kappa shape index (κ3) is 5.66. The van der Waals surface area contributed by atoms with Crippen LogP contribution in [0.3, 0.4) is 0 Å². The maximum Gasteiger partial charge on any atom is 0.339 e. The summed E-state index contributed by atoms with van der Waals surface area (Å²) >= 11 is 4.70. The summed E-state index contributed by atoms with van der Waals surface area (Å²) in [5.74, 6) is 5.74. The lowest BCUT2D eigenvalue weighted by molar-refractivity contribution is -0.384. The molecule has 29 heavy (non-hydrogen) atoms. The molecule has 0 N–H and O–H groups in total. The van der Waals surface area contributed by atoms with E-state index in [0.29, 0.717) is 16.9 Å². The van der Waals surface area contributed by atoms with Crippen LogP contribution < -0.4 is 0 Å². The maximum atomic E-state index is 11.8. The Balaban J connectivity index is 1.45. The summed E-state index contributed by atoms with van der Waals surface area (Å²) in [6, 6.07) is 12.7. The Morgan fingerprint density at radius 2 is 1.93 bits per heavy atom. The van der Waals surface area contributed by atoms with Crippen LogP contribution in [0.25, 0.3) is 11.5 Å². The van der Waals surface area contributed by atoms with Gasteiger partial charge in [0.2, 0.25) is 5.89 Å². The van der Waals surface area contributed by atoms with Crippen LogP contribution in [0, 0.1) is 22.0 Å². The normalized spacial score (nSPS) is 10.1. The van der Waals surface area contributed by atoms with Crippen LogP contribution in [0.4, 0.5) is 5.69 Å². The predicted molar refractivity (Wildman–Crippen MR) is 109 cm³/mol. The third-order valence-electron chi connectivity index (χ3n) is 3.49. The zero-order chi connectivity index (χ0) is 20.6. The van der Waals surface area contributed by atoms with E-state index in [1.807, 2.05) is 24.3 Å². The second-order valence-electron chi connectivity index (χ2n) is 5.38. The zero-order valence-corrected chi connectivity index (χ0v) is 17.1. The molecule has 0 unspecified atom stereocenters. The summed E-state index contributed by atoms with van der Waals surface area (Å²) < 4.78 is 11.5. The van der Waals surface area contributed by atoms with Crippen molar-refractivity contribution in [2.24, 2.45) is 0 Å². The number of halogens is 1. The number of nitrogens with zero attached hydrogens (tertiary/aromatic N) is 3. The highest BCUT2D eigenvalue weighted by Gasteiger charge is 2.11. The largest absolute Gasteiger partial charge is 0.449 e. The molecule has 10 heteroatoms. The number of carbonyl (C=O) groups is 1. The van der Waals surface area contributed by atoms with Crippen LogP contribution >= 0.6 is 27.7 Å². The molecule has 0 amide bonds. The average Bonchev–Trinajstić information content (AvgIpc) is 3.19. The number of nitro groups is 1. The summed E-state index contributed by atoms with van der Waals surface area (Å²) in [5, 5.41) is 19.0. The van der Waals surface area contributed by atoms with Crippen LogP contribution in [-0.2, 0) is 4.74 Å². The SMILES string of the molecule is O=C(OCC#CCSc1nnc(-c2ccccc2Br)o1)c1ccc([N+](=O)[O-])cc1. The number of carbonyl (C=O) groups excluding carboxylic acids is 1. The first-order chi connectivity index (χ1) is 14.0. The molecular weight excluding hydrogens is 462 g/mol. The van der Waals surface area contributed by atoms with Crippen LogP contribution in [0.5, 0.6) is 0 Å². The highest BCUT2D eigenvalue weighted by atomic mass is 79.9. The molecule has 0 bridgehead atoms. The summed E-state index contributed by atoms with van der Waals surface area (Å²) in [5.41, 5.74) is 0.926. The van der Waals surface area contributed by atoms with Gasteiger partial charge in [-0.3, -0.25) is 10.1 Å². The van der Waals surface area contributed by atoms with Crippen molar-refractivity contribution in [3.8, 4) is 23.3 Å². The van der Waals surface area contributed by atoms with Gasteiger partial charge in [-0.1, -0.05) is 35.7 Å². The Morgan fingerprint density at radius 3 is 2.66 bits per heavy atom. The van der Waals surface area contributed by atoms with Gasteiger partial charge in [0.05, 0.1) is 21.8 Å². The first-order valence-electron chi connectivity index (χ1n) is 8.13. The molecule has 0 aliphatic heterocycles. The van der Waals surface area contributed by atoms with Crippen LogP contribution in [0.1, 0.15) is 10.4 Å². The average molecular weight is 474 g/mol. The zero-order valence-electron chi connectivity index (χ0n) is 14.7. The van der Waals surface area contributed by atoms with Gasteiger partial charge in [0.1, 0.15) is 0 Å². The number of non-ortho nitro benzene ring substituents is 1. The number of hydrogen-bond donors (Lipinski definition) is 0. The highest BCUT2D eigenvalue weighted by molar-refractivity contribution is 9.10. The van der Waals surface area contributed by atoms with Gasteiger partial charge < -0.3 is 9.15 Å². The van der Waals surface area contributed by atoms with Crippen LogP contribution in [0.15, 0.2) is 62.6 Å². The highest BCUT2D eigenvalue weighted by Crippen LogP contribution is 2.28. The number of hydrogen-bond acceptors (Lipinski definition) is 8. The van der Waals surface area contributed by atoms with Gasteiger partial charge in [0, 0.05) is 16.6 Å². The first kappa shape index (κ1) is 20.6. The van der Waals surface area contributed by atoms with E-state index < -0.39 is 10.9 Å². The molecule has 0 saturated heterocycles. The van der Waals surface area contributed by atoms with Crippen molar-refractivity contribution >= 4 is 39.3 Å². The molecule has 1 aromatic heterocycles. The molecular formula is C19H12BrN3O5S. The van der Waals surface area contributed by atoms with Crippen molar-refractivity contribution in [3.05, 3.63) is 68.7 Å². The molecule has 0 atom stereocenters. The summed E-state index contributed by atoms with van der Waals surface area (Å²) in [6.07, 6.45) is 0. The fraction of sp³-hybridized carbons (Fsp3) is 0.105. The lowest BCUT2D eigenvalue weighted by Gasteiger charge is -2.00. The predicted octanol–water partition coefficient (Wildman–Crippen LogP) is 4.36. The van der Waals surface area contributed by atoms with Crippen LogP contribution in [-0.4, -0.2) is 33.4 Å².